The van der Waals surface area contributed by atoms with Crippen molar-refractivity contribution in [1.82, 2.24) is 19.3 Å². The fourth-order valence-electron chi connectivity index (χ4n) is 3.43. The monoisotopic (exact) mass is 261 g/mol. The fraction of sp³-hybridized carbons (Fsp3) is 0.714. The second-order valence-electron chi connectivity index (χ2n) is 5.98. The number of nitrogens with zero attached hydrogens (tertiary/aromatic N) is 4. The van der Waals surface area contributed by atoms with Crippen LogP contribution < -0.4 is 5.73 Å². The molecule has 5 nitrogen and oxygen atoms in total. The summed E-state index contributed by atoms with van der Waals surface area (Å²) in [5.74, 6) is 2.12. The molecule has 0 radical (unpaired) electrons. The third-order valence-electron chi connectivity index (χ3n) is 4.63. The highest BCUT2D eigenvalue weighted by molar-refractivity contribution is 5.77. The maximum Gasteiger partial charge on any atom is 0.202 e. The Morgan fingerprint density at radius 3 is 2.79 bits per heavy atom. The first-order chi connectivity index (χ1) is 9.08. The molecule has 0 bridgehead atoms. The number of hydrogen-bond acceptors (Lipinski definition) is 3. The first kappa shape index (κ1) is 12.5. The summed E-state index contributed by atoms with van der Waals surface area (Å²) >= 11 is 0. The van der Waals surface area contributed by atoms with Crippen molar-refractivity contribution in [3.8, 4) is 0 Å². The minimum Gasteiger partial charge on any atom is -0.369 e. The number of anilines is 1. The molecule has 0 aliphatic heterocycles. The largest absolute Gasteiger partial charge is 0.369 e. The number of aromatic nitrogens is 4. The lowest BCUT2D eigenvalue weighted by Crippen LogP contribution is -2.23. The van der Waals surface area contributed by atoms with E-state index in [1.54, 1.807) is 0 Å². The molecule has 1 aliphatic carbocycles. The van der Waals surface area contributed by atoms with Crippen molar-refractivity contribution in [2.45, 2.75) is 46.1 Å². The molecule has 0 amide bonds. The third kappa shape index (κ3) is 2.01. The number of imidazole rings is 1. The first-order valence-electron chi connectivity index (χ1n) is 7.23. The fourth-order valence-corrected chi connectivity index (χ4v) is 3.43. The van der Waals surface area contributed by atoms with Crippen LogP contribution in [0.15, 0.2) is 0 Å². The van der Waals surface area contributed by atoms with Gasteiger partial charge in [0.15, 0.2) is 5.65 Å². The van der Waals surface area contributed by atoms with Gasteiger partial charge in [0.1, 0.15) is 5.52 Å². The predicted molar refractivity (Wildman–Crippen MR) is 76.8 cm³/mol. The van der Waals surface area contributed by atoms with Crippen LogP contribution in [0.25, 0.3) is 11.2 Å². The summed E-state index contributed by atoms with van der Waals surface area (Å²) in [6, 6.07) is 0. The highest BCUT2D eigenvalue weighted by Crippen LogP contribution is 2.32. The Kier molecular flexibility index (Phi) is 2.99. The van der Waals surface area contributed by atoms with Gasteiger partial charge < -0.3 is 5.73 Å². The van der Waals surface area contributed by atoms with Gasteiger partial charge in [-0.3, -0.25) is 9.25 Å². The van der Waals surface area contributed by atoms with Crippen molar-refractivity contribution in [2.24, 2.45) is 18.9 Å². The van der Waals surface area contributed by atoms with E-state index in [0.29, 0.717) is 11.9 Å². The van der Waals surface area contributed by atoms with Gasteiger partial charge >= 0.3 is 0 Å². The zero-order valence-electron chi connectivity index (χ0n) is 12.1. The van der Waals surface area contributed by atoms with Crippen molar-refractivity contribution in [1.29, 1.82) is 0 Å². The number of aryl methyl sites for hydroxylation is 2. The summed E-state index contributed by atoms with van der Waals surface area (Å²) in [4.78, 5) is 4.48. The maximum absolute atomic E-state index is 6.11. The highest BCUT2D eigenvalue weighted by Gasteiger charge is 2.24. The average molecular weight is 261 g/mol. The molecule has 1 fully saturated rings. The van der Waals surface area contributed by atoms with E-state index in [2.05, 4.69) is 21.6 Å². The number of nitrogens with two attached hydrogens (primary N) is 1. The molecule has 0 saturated heterocycles. The van der Waals surface area contributed by atoms with Crippen LogP contribution in [0.1, 0.15) is 38.3 Å². The Morgan fingerprint density at radius 1 is 1.32 bits per heavy atom. The molecule has 0 spiro atoms. The van der Waals surface area contributed by atoms with Gasteiger partial charge in [0.05, 0.1) is 5.69 Å². The summed E-state index contributed by atoms with van der Waals surface area (Å²) in [5.41, 5.74) is 9.08. The van der Waals surface area contributed by atoms with Crippen molar-refractivity contribution in [3.05, 3.63) is 5.69 Å². The third-order valence-corrected chi connectivity index (χ3v) is 4.63. The molecule has 3 rings (SSSR count). The highest BCUT2D eigenvalue weighted by atomic mass is 15.3. The summed E-state index contributed by atoms with van der Waals surface area (Å²) in [6.45, 7) is 5.33. The second-order valence-corrected chi connectivity index (χ2v) is 5.98. The van der Waals surface area contributed by atoms with Crippen LogP contribution in [0.2, 0.25) is 0 Å². The molecule has 2 unspecified atom stereocenters. The minimum atomic E-state index is 0.629. The van der Waals surface area contributed by atoms with E-state index in [1.165, 1.54) is 25.7 Å². The second kappa shape index (κ2) is 4.54. The van der Waals surface area contributed by atoms with Gasteiger partial charge in [-0.05, 0) is 25.2 Å². The Bertz CT molecular complexity index is 595. The van der Waals surface area contributed by atoms with E-state index in [0.717, 1.165) is 29.3 Å². The molecule has 2 heterocycles. The van der Waals surface area contributed by atoms with Crippen LogP contribution in [-0.4, -0.2) is 19.3 Å². The molecule has 2 N–H and O–H groups in total. The molecule has 1 aliphatic rings. The van der Waals surface area contributed by atoms with Crippen LogP contribution in [0.5, 0.6) is 0 Å². The summed E-state index contributed by atoms with van der Waals surface area (Å²) in [7, 11) is 1.97. The van der Waals surface area contributed by atoms with Gasteiger partial charge in [-0.2, -0.15) is 5.10 Å². The van der Waals surface area contributed by atoms with E-state index in [-0.39, 0.29) is 0 Å². The summed E-state index contributed by atoms with van der Waals surface area (Å²) < 4.78 is 4.06. The SMILES string of the molecule is Cc1nn(C)c2c1nc(N)n2CC1CCCCC1C. The Balaban J connectivity index is 1.97. The van der Waals surface area contributed by atoms with Crippen LogP contribution >= 0.6 is 0 Å². The molecule has 19 heavy (non-hydrogen) atoms. The molecule has 5 heteroatoms. The number of rotatable bonds is 2. The van der Waals surface area contributed by atoms with Crippen LogP contribution in [-0.2, 0) is 13.6 Å². The van der Waals surface area contributed by atoms with Gasteiger partial charge in [0.25, 0.3) is 0 Å². The number of hydrogen-bond donors (Lipinski definition) is 1. The van der Waals surface area contributed by atoms with Gasteiger partial charge in [0, 0.05) is 13.6 Å². The van der Waals surface area contributed by atoms with Gasteiger partial charge in [-0.15, -0.1) is 0 Å². The topological polar surface area (TPSA) is 61.7 Å². The van der Waals surface area contributed by atoms with E-state index < -0.39 is 0 Å². The van der Waals surface area contributed by atoms with Gasteiger partial charge in [0.2, 0.25) is 5.95 Å². The minimum absolute atomic E-state index is 0.629. The van der Waals surface area contributed by atoms with E-state index in [9.17, 15) is 0 Å². The lowest BCUT2D eigenvalue weighted by molar-refractivity contribution is 0.231. The standard InChI is InChI=1S/C14H23N5/c1-9-6-4-5-7-11(9)8-19-13-12(16-14(19)15)10(2)17-18(13)3/h9,11H,4-8H2,1-3H3,(H2,15,16). The van der Waals surface area contributed by atoms with Crippen molar-refractivity contribution in [3.63, 3.8) is 0 Å². The Hall–Kier alpha value is -1.52. The maximum atomic E-state index is 6.11. The smallest absolute Gasteiger partial charge is 0.202 e. The van der Waals surface area contributed by atoms with Crippen LogP contribution in [0.3, 0.4) is 0 Å². The molecular weight excluding hydrogens is 238 g/mol. The molecule has 2 aromatic heterocycles. The molecule has 2 atom stereocenters. The molecule has 104 valence electrons. The summed E-state index contributed by atoms with van der Waals surface area (Å²) in [6.07, 6.45) is 5.36. The van der Waals surface area contributed by atoms with Crippen LogP contribution in [0, 0.1) is 18.8 Å². The number of nitrogen functional groups attached to an aromatic ring is 1. The lowest BCUT2D eigenvalue weighted by Gasteiger charge is -2.29. The van der Waals surface area contributed by atoms with E-state index >= 15 is 0 Å². The van der Waals surface area contributed by atoms with E-state index in [1.807, 2.05) is 18.7 Å². The average Bonchev–Trinajstić information content (AvgIpc) is 2.82. The van der Waals surface area contributed by atoms with Crippen molar-refractivity contribution >= 4 is 17.1 Å². The van der Waals surface area contributed by atoms with Crippen molar-refractivity contribution < 1.29 is 0 Å². The van der Waals surface area contributed by atoms with E-state index in [4.69, 9.17) is 5.73 Å². The van der Waals surface area contributed by atoms with Gasteiger partial charge in [-0.1, -0.05) is 26.2 Å². The van der Waals surface area contributed by atoms with Crippen LogP contribution in [0.4, 0.5) is 5.95 Å². The molecule has 0 aromatic carbocycles. The summed E-state index contributed by atoms with van der Waals surface area (Å²) in [5, 5.41) is 4.44. The zero-order chi connectivity index (χ0) is 13.6. The molecule has 2 aromatic rings. The Morgan fingerprint density at radius 2 is 2.05 bits per heavy atom. The normalized spacial score (nSPS) is 24.2. The number of fused-ring (bicyclic) bond motifs is 1. The predicted octanol–water partition coefficient (Wildman–Crippen LogP) is 2.49. The molecular formula is C14H23N5. The zero-order valence-corrected chi connectivity index (χ0v) is 12.1. The quantitative estimate of drug-likeness (QED) is 0.903. The lowest BCUT2D eigenvalue weighted by atomic mass is 9.80. The first-order valence-corrected chi connectivity index (χ1v) is 7.23. The Labute approximate surface area is 113 Å². The van der Waals surface area contributed by atoms with Gasteiger partial charge in [-0.25, -0.2) is 4.98 Å². The molecule has 1 saturated carbocycles. The van der Waals surface area contributed by atoms with Crippen molar-refractivity contribution in [2.75, 3.05) is 5.73 Å².